The molecular formula is C23H29F2N5O3. The van der Waals surface area contributed by atoms with Crippen LogP contribution in [0.4, 0.5) is 19.3 Å². The normalized spacial score (nSPS) is 13.3. The van der Waals surface area contributed by atoms with E-state index in [9.17, 15) is 23.5 Å². The Labute approximate surface area is 191 Å². The SMILES string of the molecule is C=CC[C@@H](c1cncc(-c2c(NC(=O)[C@H](C)C=C)cnn2C(F)F)c1)N(C(=O)O)C(C)(C)C. The Morgan fingerprint density at radius 1 is 1.27 bits per heavy atom. The molecule has 10 heteroatoms. The van der Waals surface area contributed by atoms with E-state index in [0.717, 1.165) is 6.20 Å². The number of pyridine rings is 1. The molecule has 0 bridgehead atoms. The Morgan fingerprint density at radius 3 is 2.45 bits per heavy atom. The highest BCUT2D eigenvalue weighted by molar-refractivity contribution is 5.96. The van der Waals surface area contributed by atoms with Gasteiger partial charge in [-0.1, -0.05) is 19.1 Å². The van der Waals surface area contributed by atoms with Crippen molar-refractivity contribution < 1.29 is 23.5 Å². The maximum absolute atomic E-state index is 13.7. The summed E-state index contributed by atoms with van der Waals surface area (Å²) in [5.74, 6) is -0.983. The summed E-state index contributed by atoms with van der Waals surface area (Å²) in [6.07, 6.45) is 6.15. The molecule has 2 rings (SSSR count). The van der Waals surface area contributed by atoms with Crippen molar-refractivity contribution in [3.05, 3.63) is 55.5 Å². The molecule has 0 aliphatic carbocycles. The van der Waals surface area contributed by atoms with E-state index >= 15 is 0 Å². The third-order valence-corrected chi connectivity index (χ3v) is 5.05. The molecule has 178 valence electrons. The molecule has 2 aromatic rings. The van der Waals surface area contributed by atoms with Crippen molar-refractivity contribution in [3.8, 4) is 11.3 Å². The minimum Gasteiger partial charge on any atom is -0.465 e. The number of hydrogen-bond acceptors (Lipinski definition) is 4. The van der Waals surface area contributed by atoms with E-state index in [-0.39, 0.29) is 23.4 Å². The largest absolute Gasteiger partial charge is 0.465 e. The van der Waals surface area contributed by atoms with E-state index in [1.807, 2.05) is 0 Å². The Kier molecular flexibility index (Phi) is 8.08. The van der Waals surface area contributed by atoms with Gasteiger partial charge in [0.05, 0.1) is 29.5 Å². The number of carbonyl (C=O) groups is 2. The molecule has 2 heterocycles. The second-order valence-corrected chi connectivity index (χ2v) is 8.51. The number of hydrogen-bond donors (Lipinski definition) is 2. The molecule has 0 saturated carbocycles. The van der Waals surface area contributed by atoms with E-state index in [2.05, 4.69) is 28.6 Å². The maximum atomic E-state index is 13.7. The third-order valence-electron chi connectivity index (χ3n) is 5.05. The molecular weight excluding hydrogens is 432 g/mol. The second-order valence-electron chi connectivity index (χ2n) is 8.51. The van der Waals surface area contributed by atoms with Crippen molar-refractivity contribution in [1.82, 2.24) is 19.7 Å². The number of nitrogens with zero attached hydrogens (tertiary/aromatic N) is 4. The summed E-state index contributed by atoms with van der Waals surface area (Å²) < 4.78 is 27.9. The van der Waals surface area contributed by atoms with Gasteiger partial charge >= 0.3 is 12.6 Å². The lowest BCUT2D eigenvalue weighted by molar-refractivity contribution is -0.118. The first kappa shape index (κ1) is 25.7. The van der Waals surface area contributed by atoms with Crippen LogP contribution in [0.5, 0.6) is 0 Å². The summed E-state index contributed by atoms with van der Waals surface area (Å²) in [4.78, 5) is 29.8. The van der Waals surface area contributed by atoms with Gasteiger partial charge < -0.3 is 10.4 Å². The fourth-order valence-corrected chi connectivity index (χ4v) is 3.45. The van der Waals surface area contributed by atoms with Crippen LogP contribution in [-0.2, 0) is 4.79 Å². The summed E-state index contributed by atoms with van der Waals surface area (Å²) in [7, 11) is 0. The molecule has 0 fully saturated rings. The van der Waals surface area contributed by atoms with Gasteiger partial charge in [0.15, 0.2) is 0 Å². The fraction of sp³-hybridized carbons (Fsp3) is 0.391. The molecule has 0 aliphatic heterocycles. The van der Waals surface area contributed by atoms with Gasteiger partial charge in [-0.15, -0.1) is 13.2 Å². The number of alkyl halides is 2. The number of carbonyl (C=O) groups excluding carboxylic acids is 1. The van der Waals surface area contributed by atoms with Crippen LogP contribution in [0, 0.1) is 5.92 Å². The summed E-state index contributed by atoms with van der Waals surface area (Å²) in [6, 6.07) is 0.917. The number of nitrogens with one attached hydrogen (secondary N) is 1. The summed E-state index contributed by atoms with van der Waals surface area (Å²) in [6.45, 7) is 11.2. The number of halogens is 2. The second kappa shape index (κ2) is 10.4. The van der Waals surface area contributed by atoms with Crippen molar-refractivity contribution in [3.63, 3.8) is 0 Å². The Bertz CT molecular complexity index is 1030. The van der Waals surface area contributed by atoms with Crippen molar-refractivity contribution in [2.24, 2.45) is 5.92 Å². The highest BCUT2D eigenvalue weighted by Gasteiger charge is 2.34. The van der Waals surface area contributed by atoms with Gasteiger partial charge in [-0.25, -0.2) is 9.48 Å². The van der Waals surface area contributed by atoms with Crippen LogP contribution in [0.2, 0.25) is 0 Å². The van der Waals surface area contributed by atoms with Crippen LogP contribution >= 0.6 is 0 Å². The molecule has 0 radical (unpaired) electrons. The van der Waals surface area contributed by atoms with Gasteiger partial charge in [0, 0.05) is 23.5 Å². The molecule has 2 atom stereocenters. The average Bonchev–Trinajstić information content (AvgIpc) is 3.15. The van der Waals surface area contributed by atoms with E-state index in [4.69, 9.17) is 0 Å². The highest BCUT2D eigenvalue weighted by atomic mass is 19.3. The predicted octanol–water partition coefficient (Wildman–Crippen LogP) is 5.50. The molecule has 8 nitrogen and oxygen atoms in total. The zero-order valence-corrected chi connectivity index (χ0v) is 19.1. The zero-order valence-electron chi connectivity index (χ0n) is 19.1. The number of aromatic nitrogens is 3. The van der Waals surface area contributed by atoms with Gasteiger partial charge in [0.2, 0.25) is 5.91 Å². The van der Waals surface area contributed by atoms with E-state index < -0.39 is 36.0 Å². The number of anilines is 1. The molecule has 0 unspecified atom stereocenters. The topological polar surface area (TPSA) is 100 Å². The lowest BCUT2D eigenvalue weighted by Crippen LogP contribution is -2.47. The van der Waals surface area contributed by atoms with E-state index in [0.29, 0.717) is 10.2 Å². The van der Waals surface area contributed by atoms with Crippen molar-refractivity contribution in [1.29, 1.82) is 0 Å². The van der Waals surface area contributed by atoms with Gasteiger partial charge in [-0.05, 0) is 38.8 Å². The van der Waals surface area contributed by atoms with Crippen LogP contribution in [0.1, 0.15) is 52.3 Å². The average molecular weight is 462 g/mol. The zero-order chi connectivity index (χ0) is 24.9. The number of carboxylic acid groups (broad SMARTS) is 1. The lowest BCUT2D eigenvalue weighted by Gasteiger charge is -2.39. The van der Waals surface area contributed by atoms with Gasteiger partial charge in [0.25, 0.3) is 0 Å². The highest BCUT2D eigenvalue weighted by Crippen LogP contribution is 2.36. The van der Waals surface area contributed by atoms with Crippen LogP contribution in [0.3, 0.4) is 0 Å². The van der Waals surface area contributed by atoms with E-state index in [1.54, 1.807) is 39.8 Å². The Hall–Kier alpha value is -3.56. The number of rotatable bonds is 9. The molecule has 0 saturated heterocycles. The van der Waals surface area contributed by atoms with Crippen molar-refractivity contribution in [2.45, 2.75) is 52.2 Å². The van der Waals surface area contributed by atoms with Crippen LogP contribution < -0.4 is 5.32 Å². The van der Waals surface area contributed by atoms with Gasteiger partial charge in [-0.2, -0.15) is 13.9 Å². The summed E-state index contributed by atoms with van der Waals surface area (Å²) in [5.41, 5.74) is 0.0296. The van der Waals surface area contributed by atoms with Crippen molar-refractivity contribution >= 4 is 17.7 Å². The molecule has 0 aromatic carbocycles. The monoisotopic (exact) mass is 461 g/mol. The number of amides is 2. The van der Waals surface area contributed by atoms with E-state index in [1.165, 1.54) is 23.4 Å². The summed E-state index contributed by atoms with van der Waals surface area (Å²) >= 11 is 0. The minimum absolute atomic E-state index is 0.0426. The predicted molar refractivity (Wildman–Crippen MR) is 122 cm³/mol. The van der Waals surface area contributed by atoms with Crippen LogP contribution in [0.25, 0.3) is 11.3 Å². The quantitative estimate of drug-likeness (QED) is 0.481. The molecule has 2 N–H and O–H groups in total. The standard InChI is InChI=1S/C23H29F2N5O3/c1-7-9-18(29(22(32)33)23(4,5)6)15-10-16(12-26-11-15)19-17(13-27-30(19)21(24)25)28-20(31)14(3)8-2/h7-8,10-14,18,21H,1-2,9H2,3-6H3,(H,28,31)(H,32,33)/t14-,18+/m1/s1. The molecule has 0 aliphatic rings. The Morgan fingerprint density at radius 2 is 1.94 bits per heavy atom. The van der Waals surface area contributed by atoms with Gasteiger partial charge in [0.1, 0.15) is 0 Å². The Balaban J connectivity index is 2.63. The smallest absolute Gasteiger partial charge is 0.408 e. The molecule has 33 heavy (non-hydrogen) atoms. The fourth-order valence-electron chi connectivity index (χ4n) is 3.45. The first-order valence-corrected chi connectivity index (χ1v) is 10.3. The van der Waals surface area contributed by atoms with Gasteiger partial charge in [-0.3, -0.25) is 14.7 Å². The van der Waals surface area contributed by atoms with Crippen LogP contribution in [-0.4, -0.2) is 42.3 Å². The minimum atomic E-state index is -2.97. The van der Waals surface area contributed by atoms with Crippen molar-refractivity contribution in [2.75, 3.05) is 5.32 Å². The molecule has 2 aromatic heterocycles. The third kappa shape index (κ3) is 5.82. The molecule has 2 amide bonds. The van der Waals surface area contributed by atoms with Crippen LogP contribution in [0.15, 0.2) is 50.0 Å². The first-order valence-electron chi connectivity index (χ1n) is 10.3. The first-order chi connectivity index (χ1) is 15.4. The maximum Gasteiger partial charge on any atom is 0.408 e. The lowest BCUT2D eigenvalue weighted by atomic mass is 9.96. The summed E-state index contributed by atoms with van der Waals surface area (Å²) in [5, 5.41) is 16.2. The molecule has 0 spiro atoms.